The Morgan fingerprint density at radius 3 is 2.76 bits per heavy atom. The number of amides is 1. The van der Waals surface area contributed by atoms with E-state index in [1.165, 1.54) is 0 Å². The molecule has 1 heterocycles. The third-order valence-corrected chi connectivity index (χ3v) is 3.12. The molecule has 0 aliphatic carbocycles. The fraction of sp³-hybridized carbons (Fsp3) is 0.0714. The maximum absolute atomic E-state index is 11.4. The molecule has 0 bridgehead atoms. The first kappa shape index (κ1) is 9.90. The number of primary amides is 1. The van der Waals surface area contributed by atoms with E-state index in [-0.39, 0.29) is 0 Å². The SMILES string of the molecule is Cn1c2ccccc2c2c[c]cc(C(N)=O)c21. The van der Waals surface area contributed by atoms with Gasteiger partial charge < -0.3 is 10.3 Å². The summed E-state index contributed by atoms with van der Waals surface area (Å²) in [6, 6.07) is 14.5. The smallest absolute Gasteiger partial charge is 0.250 e. The average Bonchev–Trinajstić information content (AvgIpc) is 2.64. The number of hydrogen-bond donors (Lipinski definition) is 1. The molecule has 1 amide bonds. The second-order valence-electron chi connectivity index (χ2n) is 4.07. The van der Waals surface area contributed by atoms with Gasteiger partial charge in [0.2, 0.25) is 0 Å². The number of benzene rings is 2. The van der Waals surface area contributed by atoms with Gasteiger partial charge in [0.05, 0.1) is 11.1 Å². The Labute approximate surface area is 98.4 Å². The van der Waals surface area contributed by atoms with Crippen LogP contribution >= 0.6 is 0 Å². The van der Waals surface area contributed by atoms with Crippen LogP contribution in [0.5, 0.6) is 0 Å². The second kappa shape index (κ2) is 3.35. The predicted molar refractivity (Wildman–Crippen MR) is 67.8 cm³/mol. The number of carbonyl (C=O) groups is 1. The summed E-state index contributed by atoms with van der Waals surface area (Å²) in [7, 11) is 1.94. The molecule has 3 nitrogen and oxygen atoms in total. The molecule has 1 aromatic heterocycles. The van der Waals surface area contributed by atoms with E-state index in [0.29, 0.717) is 5.56 Å². The molecule has 3 aromatic rings. The average molecular weight is 223 g/mol. The van der Waals surface area contributed by atoms with Crippen LogP contribution in [-0.2, 0) is 7.05 Å². The highest BCUT2D eigenvalue weighted by Gasteiger charge is 2.13. The summed E-state index contributed by atoms with van der Waals surface area (Å²) < 4.78 is 2.00. The highest BCUT2D eigenvalue weighted by Crippen LogP contribution is 2.29. The lowest BCUT2D eigenvalue weighted by Gasteiger charge is -2.02. The molecule has 0 atom stereocenters. The van der Waals surface area contributed by atoms with E-state index in [4.69, 9.17) is 5.73 Å². The number of fused-ring (bicyclic) bond motifs is 3. The summed E-state index contributed by atoms with van der Waals surface area (Å²) in [6.45, 7) is 0. The van der Waals surface area contributed by atoms with Crippen molar-refractivity contribution in [1.82, 2.24) is 4.57 Å². The minimum atomic E-state index is -0.419. The molecule has 2 aromatic carbocycles. The molecule has 0 spiro atoms. The highest BCUT2D eigenvalue weighted by molar-refractivity contribution is 6.15. The van der Waals surface area contributed by atoms with Crippen molar-refractivity contribution in [3.8, 4) is 0 Å². The second-order valence-corrected chi connectivity index (χ2v) is 4.07. The standard InChI is InChI=1S/C14H11N2O/c1-16-12-8-3-2-5-9(12)10-6-4-7-11(13(10)16)14(15)17/h2-3,5-8H,1H3,(H2,15,17). The Morgan fingerprint density at radius 2 is 2.00 bits per heavy atom. The molecule has 0 fully saturated rings. The van der Waals surface area contributed by atoms with Gasteiger partial charge in [-0.25, -0.2) is 0 Å². The Hall–Kier alpha value is -2.29. The third-order valence-electron chi connectivity index (χ3n) is 3.12. The number of para-hydroxylation sites is 1. The van der Waals surface area contributed by atoms with Crippen molar-refractivity contribution < 1.29 is 4.79 Å². The summed E-state index contributed by atoms with van der Waals surface area (Å²) in [6.07, 6.45) is 0. The topological polar surface area (TPSA) is 48.0 Å². The van der Waals surface area contributed by atoms with Gasteiger partial charge in [-0.3, -0.25) is 4.79 Å². The lowest BCUT2D eigenvalue weighted by Crippen LogP contribution is -2.12. The van der Waals surface area contributed by atoms with Crippen LogP contribution in [0.25, 0.3) is 21.8 Å². The van der Waals surface area contributed by atoms with Crippen molar-refractivity contribution in [2.45, 2.75) is 0 Å². The van der Waals surface area contributed by atoms with E-state index in [1.807, 2.05) is 41.9 Å². The summed E-state index contributed by atoms with van der Waals surface area (Å²) in [5, 5.41) is 2.13. The summed E-state index contributed by atoms with van der Waals surface area (Å²) in [5.74, 6) is -0.419. The van der Waals surface area contributed by atoms with E-state index in [9.17, 15) is 4.79 Å². The zero-order chi connectivity index (χ0) is 12.0. The molecule has 0 unspecified atom stereocenters. The summed E-state index contributed by atoms with van der Waals surface area (Å²) >= 11 is 0. The first-order valence-electron chi connectivity index (χ1n) is 5.37. The number of nitrogens with zero attached hydrogens (tertiary/aromatic N) is 1. The van der Waals surface area contributed by atoms with E-state index in [2.05, 4.69) is 6.07 Å². The number of carbonyl (C=O) groups excluding carboxylic acids is 1. The van der Waals surface area contributed by atoms with Crippen LogP contribution in [0.3, 0.4) is 0 Å². The lowest BCUT2D eigenvalue weighted by molar-refractivity contribution is 0.100. The molecule has 0 aliphatic rings. The zero-order valence-electron chi connectivity index (χ0n) is 9.40. The van der Waals surface area contributed by atoms with Crippen molar-refractivity contribution >= 4 is 27.7 Å². The molecule has 0 saturated carbocycles. The minimum Gasteiger partial charge on any atom is -0.366 e. The number of aryl methyl sites for hydroxylation is 1. The molecular weight excluding hydrogens is 212 g/mol. The van der Waals surface area contributed by atoms with Gasteiger partial charge in [0.15, 0.2) is 0 Å². The normalized spacial score (nSPS) is 11.1. The van der Waals surface area contributed by atoms with Crippen LogP contribution in [0.4, 0.5) is 0 Å². The molecule has 2 N–H and O–H groups in total. The van der Waals surface area contributed by atoms with Crippen molar-refractivity contribution in [3.05, 3.63) is 48.0 Å². The van der Waals surface area contributed by atoms with Crippen LogP contribution < -0.4 is 5.73 Å². The molecule has 3 heteroatoms. The van der Waals surface area contributed by atoms with Crippen molar-refractivity contribution in [1.29, 1.82) is 0 Å². The van der Waals surface area contributed by atoms with Gasteiger partial charge in [0.1, 0.15) is 0 Å². The van der Waals surface area contributed by atoms with E-state index in [0.717, 1.165) is 21.8 Å². The molecule has 0 aliphatic heterocycles. The first-order chi connectivity index (χ1) is 8.20. The van der Waals surface area contributed by atoms with Gasteiger partial charge in [-0.1, -0.05) is 18.2 Å². The maximum Gasteiger partial charge on any atom is 0.250 e. The Morgan fingerprint density at radius 1 is 1.24 bits per heavy atom. The van der Waals surface area contributed by atoms with Crippen LogP contribution in [0.1, 0.15) is 10.4 Å². The van der Waals surface area contributed by atoms with Crippen LogP contribution in [0.2, 0.25) is 0 Å². The molecule has 3 rings (SSSR count). The fourth-order valence-electron chi connectivity index (χ4n) is 2.36. The Balaban J connectivity index is 2.61. The number of hydrogen-bond acceptors (Lipinski definition) is 1. The van der Waals surface area contributed by atoms with Crippen LogP contribution in [0, 0.1) is 6.07 Å². The fourth-order valence-corrected chi connectivity index (χ4v) is 2.36. The van der Waals surface area contributed by atoms with Gasteiger partial charge in [-0.05, 0) is 24.3 Å². The Kier molecular flexibility index (Phi) is 1.95. The number of aromatic nitrogens is 1. The number of nitrogens with two attached hydrogens (primary N) is 1. The molecule has 0 saturated heterocycles. The van der Waals surface area contributed by atoms with Crippen molar-refractivity contribution in [2.75, 3.05) is 0 Å². The van der Waals surface area contributed by atoms with Gasteiger partial charge in [0.25, 0.3) is 5.91 Å². The van der Waals surface area contributed by atoms with Gasteiger partial charge in [0, 0.05) is 23.3 Å². The summed E-state index contributed by atoms with van der Waals surface area (Å²) in [5.41, 5.74) is 7.87. The van der Waals surface area contributed by atoms with Crippen molar-refractivity contribution in [2.24, 2.45) is 12.8 Å². The van der Waals surface area contributed by atoms with Gasteiger partial charge >= 0.3 is 0 Å². The molecule has 17 heavy (non-hydrogen) atoms. The van der Waals surface area contributed by atoms with E-state index in [1.54, 1.807) is 6.07 Å². The minimum absolute atomic E-state index is 0.419. The monoisotopic (exact) mass is 223 g/mol. The summed E-state index contributed by atoms with van der Waals surface area (Å²) in [4.78, 5) is 11.4. The predicted octanol–water partition coefficient (Wildman–Crippen LogP) is 2.23. The van der Waals surface area contributed by atoms with Gasteiger partial charge in [-0.2, -0.15) is 0 Å². The lowest BCUT2D eigenvalue weighted by atomic mass is 10.1. The number of rotatable bonds is 1. The largest absolute Gasteiger partial charge is 0.366 e. The molecule has 1 radical (unpaired) electrons. The quantitative estimate of drug-likeness (QED) is 0.675. The van der Waals surface area contributed by atoms with Gasteiger partial charge in [-0.15, -0.1) is 0 Å². The maximum atomic E-state index is 11.4. The molecular formula is C14H11N2O. The zero-order valence-corrected chi connectivity index (χ0v) is 9.40. The van der Waals surface area contributed by atoms with Crippen molar-refractivity contribution in [3.63, 3.8) is 0 Å². The first-order valence-corrected chi connectivity index (χ1v) is 5.37. The highest BCUT2D eigenvalue weighted by atomic mass is 16.1. The van der Waals surface area contributed by atoms with E-state index >= 15 is 0 Å². The van der Waals surface area contributed by atoms with E-state index < -0.39 is 5.91 Å². The third kappa shape index (κ3) is 1.25. The Bertz CT molecular complexity index is 740. The van der Waals surface area contributed by atoms with Crippen LogP contribution in [0.15, 0.2) is 36.4 Å². The molecule has 83 valence electrons. The van der Waals surface area contributed by atoms with Crippen LogP contribution in [-0.4, -0.2) is 10.5 Å².